The van der Waals surface area contributed by atoms with Crippen molar-refractivity contribution < 1.29 is 9.53 Å². The summed E-state index contributed by atoms with van der Waals surface area (Å²) in [6.07, 6.45) is 4.27. The molecule has 0 aliphatic carbocycles. The molecule has 2 N–H and O–H groups in total. The van der Waals surface area contributed by atoms with Crippen molar-refractivity contribution in [3.05, 3.63) is 95.6 Å². The number of piperazine rings is 1. The molecular formula is C27H27N3O2. The van der Waals surface area contributed by atoms with Crippen LogP contribution in [0.5, 0.6) is 5.75 Å². The van der Waals surface area contributed by atoms with Gasteiger partial charge in [0.15, 0.2) is 0 Å². The molecule has 3 fully saturated rings. The molecule has 0 saturated carbocycles. The van der Waals surface area contributed by atoms with Gasteiger partial charge in [-0.3, -0.25) is 0 Å². The standard InChI is InChI=1S/C27H27N3O2/c1-32-25-10-6-5-9-22(25)29-27(31)30-17-23-26(24(18-30)28-23)21-15-13-20(14-16-21)12-11-19-7-3-2-4-8-19/h2-16,23-24,26,28H,17-18H2,1H3,(H,29,31)/b12-11+/t23-,24+,26?. The first kappa shape index (κ1) is 20.3. The predicted molar refractivity (Wildman–Crippen MR) is 129 cm³/mol. The highest BCUT2D eigenvalue weighted by molar-refractivity contribution is 5.91. The van der Waals surface area contributed by atoms with Crippen LogP contribution in [0.25, 0.3) is 12.2 Å². The Morgan fingerprint density at radius 2 is 1.53 bits per heavy atom. The van der Waals surface area contributed by atoms with Gasteiger partial charge in [-0.15, -0.1) is 0 Å². The van der Waals surface area contributed by atoms with Crippen LogP contribution in [0.2, 0.25) is 0 Å². The van der Waals surface area contributed by atoms with Crippen molar-refractivity contribution in [1.29, 1.82) is 0 Å². The quantitative estimate of drug-likeness (QED) is 0.576. The third-order valence-corrected chi connectivity index (χ3v) is 6.35. The van der Waals surface area contributed by atoms with Gasteiger partial charge in [0.2, 0.25) is 0 Å². The SMILES string of the molecule is COc1ccccc1NC(=O)N1C[C@@H]2N[C@H](C1)C2c1ccc(/C=C/c2ccccc2)cc1. The highest BCUT2D eigenvalue weighted by Crippen LogP contribution is 2.37. The maximum absolute atomic E-state index is 12.8. The lowest BCUT2D eigenvalue weighted by Crippen LogP contribution is -2.72. The highest BCUT2D eigenvalue weighted by atomic mass is 16.5. The molecule has 0 spiro atoms. The molecule has 3 atom stereocenters. The molecule has 3 saturated heterocycles. The largest absolute Gasteiger partial charge is 0.495 e. The van der Waals surface area contributed by atoms with E-state index < -0.39 is 0 Å². The van der Waals surface area contributed by atoms with E-state index in [0.717, 1.165) is 0 Å². The molecule has 2 bridgehead atoms. The van der Waals surface area contributed by atoms with E-state index in [0.29, 0.717) is 30.4 Å². The van der Waals surface area contributed by atoms with E-state index in [-0.39, 0.29) is 18.1 Å². The average molecular weight is 426 g/mol. The number of para-hydroxylation sites is 2. The third kappa shape index (κ3) is 4.12. The molecule has 3 aliphatic rings. The molecule has 3 aliphatic heterocycles. The van der Waals surface area contributed by atoms with E-state index in [4.69, 9.17) is 4.74 Å². The minimum Gasteiger partial charge on any atom is -0.495 e. The molecule has 2 amide bonds. The van der Waals surface area contributed by atoms with Crippen molar-refractivity contribution in [2.24, 2.45) is 0 Å². The Hall–Kier alpha value is -3.57. The fourth-order valence-electron chi connectivity index (χ4n) is 4.68. The molecule has 0 radical (unpaired) electrons. The van der Waals surface area contributed by atoms with Crippen LogP contribution in [0.15, 0.2) is 78.9 Å². The van der Waals surface area contributed by atoms with Gasteiger partial charge in [0.1, 0.15) is 5.75 Å². The second-order valence-corrected chi connectivity index (χ2v) is 8.35. The molecule has 6 rings (SSSR count). The Morgan fingerprint density at radius 1 is 0.906 bits per heavy atom. The van der Waals surface area contributed by atoms with Crippen LogP contribution >= 0.6 is 0 Å². The number of carbonyl (C=O) groups is 1. The fraction of sp³-hybridized carbons (Fsp3) is 0.222. The Balaban J connectivity index is 1.20. The Morgan fingerprint density at radius 3 is 2.22 bits per heavy atom. The number of hydrogen-bond acceptors (Lipinski definition) is 3. The molecule has 162 valence electrons. The molecule has 3 aromatic carbocycles. The van der Waals surface area contributed by atoms with E-state index >= 15 is 0 Å². The predicted octanol–water partition coefficient (Wildman–Crippen LogP) is 4.84. The van der Waals surface area contributed by atoms with Crippen LogP contribution in [-0.4, -0.2) is 43.2 Å². The number of ether oxygens (including phenoxy) is 1. The number of nitrogens with one attached hydrogen (secondary N) is 2. The van der Waals surface area contributed by atoms with Crippen molar-refractivity contribution in [3.63, 3.8) is 0 Å². The van der Waals surface area contributed by atoms with Gasteiger partial charge in [0, 0.05) is 31.1 Å². The number of piperidine rings is 1. The van der Waals surface area contributed by atoms with Crippen LogP contribution in [-0.2, 0) is 0 Å². The second kappa shape index (κ2) is 8.89. The van der Waals surface area contributed by atoms with Gasteiger partial charge in [0.05, 0.1) is 12.8 Å². The summed E-state index contributed by atoms with van der Waals surface area (Å²) in [4.78, 5) is 14.7. The summed E-state index contributed by atoms with van der Waals surface area (Å²) in [5, 5.41) is 6.59. The van der Waals surface area contributed by atoms with Crippen molar-refractivity contribution in [2.45, 2.75) is 18.0 Å². The first-order chi connectivity index (χ1) is 15.7. The summed E-state index contributed by atoms with van der Waals surface area (Å²) in [6, 6.07) is 27.1. The van der Waals surface area contributed by atoms with E-state index in [9.17, 15) is 4.79 Å². The molecule has 5 nitrogen and oxygen atoms in total. The second-order valence-electron chi connectivity index (χ2n) is 8.35. The zero-order valence-corrected chi connectivity index (χ0v) is 18.1. The van der Waals surface area contributed by atoms with Crippen molar-refractivity contribution in [1.82, 2.24) is 10.2 Å². The lowest BCUT2D eigenvalue weighted by Gasteiger charge is -2.54. The first-order valence-electron chi connectivity index (χ1n) is 11.0. The summed E-state index contributed by atoms with van der Waals surface area (Å²) >= 11 is 0. The minimum atomic E-state index is -0.0779. The summed E-state index contributed by atoms with van der Waals surface area (Å²) in [5.74, 6) is 1.11. The monoisotopic (exact) mass is 425 g/mol. The van der Waals surface area contributed by atoms with Gasteiger partial charge in [-0.25, -0.2) is 4.79 Å². The number of rotatable bonds is 5. The Bertz CT molecular complexity index is 1100. The topological polar surface area (TPSA) is 53.6 Å². The van der Waals surface area contributed by atoms with E-state index in [2.05, 4.69) is 59.2 Å². The number of benzene rings is 3. The van der Waals surface area contributed by atoms with Crippen LogP contribution in [0.4, 0.5) is 10.5 Å². The summed E-state index contributed by atoms with van der Waals surface area (Å²) in [5.41, 5.74) is 4.41. The maximum Gasteiger partial charge on any atom is 0.322 e. The van der Waals surface area contributed by atoms with E-state index in [1.165, 1.54) is 16.7 Å². The van der Waals surface area contributed by atoms with Crippen molar-refractivity contribution in [3.8, 4) is 5.75 Å². The summed E-state index contributed by atoms with van der Waals surface area (Å²) < 4.78 is 5.34. The first-order valence-corrected chi connectivity index (χ1v) is 11.0. The molecule has 3 aromatic rings. The number of methoxy groups -OCH3 is 1. The van der Waals surface area contributed by atoms with Gasteiger partial charge < -0.3 is 20.3 Å². The zero-order valence-electron chi connectivity index (χ0n) is 18.1. The Kier molecular flexibility index (Phi) is 5.65. The maximum atomic E-state index is 12.8. The smallest absolute Gasteiger partial charge is 0.322 e. The zero-order chi connectivity index (χ0) is 21.9. The summed E-state index contributed by atoms with van der Waals surface area (Å²) in [7, 11) is 1.61. The van der Waals surface area contributed by atoms with Gasteiger partial charge in [-0.1, -0.05) is 78.9 Å². The molecule has 1 unspecified atom stereocenters. The lowest BCUT2D eigenvalue weighted by molar-refractivity contribution is 0.0759. The van der Waals surface area contributed by atoms with Crippen molar-refractivity contribution >= 4 is 23.9 Å². The number of urea groups is 1. The molecule has 5 heteroatoms. The van der Waals surface area contributed by atoms with E-state index in [1.807, 2.05) is 47.4 Å². The van der Waals surface area contributed by atoms with Crippen LogP contribution < -0.4 is 15.4 Å². The normalized spacial score (nSPS) is 21.8. The molecule has 0 aromatic heterocycles. The van der Waals surface area contributed by atoms with Crippen molar-refractivity contribution in [2.75, 3.05) is 25.5 Å². The van der Waals surface area contributed by atoms with Crippen LogP contribution in [0, 0.1) is 0 Å². The van der Waals surface area contributed by atoms with Crippen LogP contribution in [0.3, 0.4) is 0 Å². The van der Waals surface area contributed by atoms with Crippen LogP contribution in [0.1, 0.15) is 22.6 Å². The molecular weight excluding hydrogens is 398 g/mol. The highest BCUT2D eigenvalue weighted by Gasteiger charge is 2.48. The van der Waals surface area contributed by atoms with Gasteiger partial charge in [0.25, 0.3) is 0 Å². The number of nitrogens with zero attached hydrogens (tertiary/aromatic N) is 1. The Labute approximate surface area is 188 Å². The third-order valence-electron chi connectivity index (χ3n) is 6.35. The molecule has 3 heterocycles. The number of anilines is 1. The minimum absolute atomic E-state index is 0.0779. The summed E-state index contributed by atoms with van der Waals surface area (Å²) in [6.45, 7) is 1.38. The fourth-order valence-corrected chi connectivity index (χ4v) is 4.68. The molecule has 32 heavy (non-hydrogen) atoms. The number of hydrogen-bond donors (Lipinski definition) is 2. The van der Waals surface area contributed by atoms with Gasteiger partial charge in [-0.05, 0) is 28.8 Å². The number of fused-ring (bicyclic) bond motifs is 2. The average Bonchev–Trinajstić information content (AvgIpc) is 2.84. The lowest BCUT2D eigenvalue weighted by atomic mass is 9.74. The van der Waals surface area contributed by atoms with Gasteiger partial charge in [-0.2, -0.15) is 0 Å². The number of amides is 2. The van der Waals surface area contributed by atoms with E-state index in [1.54, 1.807) is 7.11 Å². The number of carbonyl (C=O) groups excluding carboxylic acids is 1. The van der Waals surface area contributed by atoms with Gasteiger partial charge >= 0.3 is 6.03 Å².